The number of nitrogen functional groups attached to an aromatic ring is 1. The number of hydroxylamine groups is 1. The Morgan fingerprint density at radius 1 is 1.27 bits per heavy atom. The van der Waals surface area contributed by atoms with Crippen molar-refractivity contribution in [3.8, 4) is 0 Å². The summed E-state index contributed by atoms with van der Waals surface area (Å²) in [4.78, 5) is 0. The van der Waals surface area contributed by atoms with Gasteiger partial charge in [-0.25, -0.2) is 0 Å². The molecule has 0 amide bonds. The van der Waals surface area contributed by atoms with Crippen LogP contribution in [-0.4, -0.2) is 7.05 Å². The van der Waals surface area contributed by atoms with E-state index in [2.05, 4.69) is 20.8 Å². The molecule has 0 spiro atoms. The molecule has 1 atom stereocenters. The summed E-state index contributed by atoms with van der Waals surface area (Å²) in [5, 5.41) is 11.4. The Labute approximate surface area is 91.5 Å². The van der Waals surface area contributed by atoms with Gasteiger partial charge < -0.3 is 16.0 Å². The highest BCUT2D eigenvalue weighted by Gasteiger charge is 2.20. The number of anilines is 1. The average Bonchev–Trinajstić information content (AvgIpc) is 2.06. The van der Waals surface area contributed by atoms with Gasteiger partial charge in [0.2, 0.25) is 0 Å². The molecule has 1 aromatic rings. The second-order valence-corrected chi connectivity index (χ2v) is 5.01. The number of nitrogens with one attached hydrogen (secondary N) is 1. The summed E-state index contributed by atoms with van der Waals surface area (Å²) in [7, 11) is 1.57. The fourth-order valence-electron chi connectivity index (χ4n) is 1.76. The van der Waals surface area contributed by atoms with Gasteiger partial charge in [-0.05, 0) is 17.9 Å². The second-order valence-electron chi connectivity index (χ2n) is 5.01. The second kappa shape index (κ2) is 3.83. The molecule has 0 fully saturated rings. The minimum absolute atomic E-state index is 0.0180. The molecule has 0 aliphatic heterocycles. The van der Waals surface area contributed by atoms with Crippen molar-refractivity contribution in [1.82, 2.24) is 0 Å². The maximum Gasteiger partial charge on any atom is 0.136 e. The van der Waals surface area contributed by atoms with Gasteiger partial charge in [-0.3, -0.25) is 0 Å². The third kappa shape index (κ3) is 2.30. The van der Waals surface area contributed by atoms with Gasteiger partial charge in [-0.2, -0.15) is 0 Å². The molecule has 0 bridgehead atoms. The third-order valence-corrected chi connectivity index (χ3v) is 2.70. The van der Waals surface area contributed by atoms with Crippen molar-refractivity contribution in [2.45, 2.75) is 33.1 Å². The Kier molecular flexibility index (Phi) is 3.07. The van der Waals surface area contributed by atoms with E-state index in [1.807, 2.05) is 19.1 Å². The van der Waals surface area contributed by atoms with Crippen LogP contribution >= 0.6 is 0 Å². The van der Waals surface area contributed by atoms with E-state index in [-0.39, 0.29) is 10.5 Å². The normalized spacial score (nSPS) is 14.0. The predicted molar refractivity (Wildman–Crippen MR) is 64.2 cm³/mol. The van der Waals surface area contributed by atoms with Gasteiger partial charge in [0.05, 0.1) is 7.05 Å². The van der Waals surface area contributed by atoms with Crippen molar-refractivity contribution in [3.63, 3.8) is 0 Å². The molecule has 84 valence electrons. The van der Waals surface area contributed by atoms with Crippen LogP contribution in [-0.2, 0) is 5.41 Å². The number of quaternary nitrogens is 1. The third-order valence-electron chi connectivity index (χ3n) is 2.70. The molecule has 15 heavy (non-hydrogen) atoms. The fraction of sp³-hybridized carbons (Fsp3) is 0.500. The van der Waals surface area contributed by atoms with E-state index >= 15 is 0 Å². The molecule has 0 aliphatic rings. The lowest BCUT2D eigenvalue weighted by molar-refractivity contribution is -0.751. The zero-order chi connectivity index (χ0) is 11.8. The summed E-state index contributed by atoms with van der Waals surface area (Å²) in [5.74, 6) is 0. The van der Waals surface area contributed by atoms with Gasteiger partial charge in [-0.15, -0.1) is 0 Å². The summed E-state index contributed by atoms with van der Waals surface area (Å²) in [6.45, 7) is 8.25. The summed E-state index contributed by atoms with van der Waals surface area (Å²) >= 11 is 0. The number of benzene rings is 1. The van der Waals surface area contributed by atoms with E-state index in [0.717, 1.165) is 22.5 Å². The molecule has 1 aromatic carbocycles. The molecule has 3 N–H and O–H groups in total. The number of hydrogen-bond acceptors (Lipinski definition) is 2. The van der Waals surface area contributed by atoms with Crippen molar-refractivity contribution < 1.29 is 5.06 Å². The minimum atomic E-state index is 0.0180. The Morgan fingerprint density at radius 3 is 2.20 bits per heavy atom. The molecule has 0 saturated heterocycles. The van der Waals surface area contributed by atoms with Gasteiger partial charge in [0, 0.05) is 17.3 Å². The molecular formula is C12H20N2O. The van der Waals surface area contributed by atoms with E-state index < -0.39 is 0 Å². The fourth-order valence-corrected chi connectivity index (χ4v) is 1.76. The van der Waals surface area contributed by atoms with E-state index in [0.29, 0.717) is 0 Å². The largest absolute Gasteiger partial charge is 0.629 e. The first-order valence-corrected chi connectivity index (χ1v) is 5.15. The molecule has 3 heteroatoms. The van der Waals surface area contributed by atoms with Crippen LogP contribution in [0.4, 0.5) is 11.4 Å². The van der Waals surface area contributed by atoms with Gasteiger partial charge in [-0.1, -0.05) is 26.8 Å². The summed E-state index contributed by atoms with van der Waals surface area (Å²) < 4.78 is 0. The van der Waals surface area contributed by atoms with Crippen molar-refractivity contribution in [1.29, 1.82) is 0 Å². The Hall–Kier alpha value is -1.06. The monoisotopic (exact) mass is 208 g/mol. The van der Waals surface area contributed by atoms with Crippen LogP contribution in [0, 0.1) is 12.1 Å². The van der Waals surface area contributed by atoms with Crippen molar-refractivity contribution in [2.24, 2.45) is 0 Å². The van der Waals surface area contributed by atoms with Crippen molar-refractivity contribution >= 4 is 11.4 Å². The van der Waals surface area contributed by atoms with Crippen LogP contribution in [0.3, 0.4) is 0 Å². The molecule has 0 aliphatic carbocycles. The van der Waals surface area contributed by atoms with Crippen LogP contribution in [0.15, 0.2) is 12.1 Å². The van der Waals surface area contributed by atoms with E-state index in [1.165, 1.54) is 0 Å². The first-order valence-electron chi connectivity index (χ1n) is 5.15. The number of rotatable bonds is 1. The minimum Gasteiger partial charge on any atom is -0.629 e. The smallest absolute Gasteiger partial charge is 0.136 e. The maximum atomic E-state index is 11.3. The van der Waals surface area contributed by atoms with Gasteiger partial charge in [0.1, 0.15) is 5.69 Å². The van der Waals surface area contributed by atoms with Gasteiger partial charge >= 0.3 is 0 Å². The van der Waals surface area contributed by atoms with Gasteiger partial charge in [0.25, 0.3) is 0 Å². The molecule has 0 aromatic heterocycles. The first-order chi connectivity index (χ1) is 6.75. The average molecular weight is 208 g/mol. The van der Waals surface area contributed by atoms with Crippen LogP contribution in [0.2, 0.25) is 0 Å². The van der Waals surface area contributed by atoms with Crippen LogP contribution in [0.1, 0.15) is 31.9 Å². The van der Waals surface area contributed by atoms with Crippen molar-refractivity contribution in [2.75, 3.05) is 12.8 Å². The predicted octanol–water partition coefficient (Wildman–Crippen LogP) is 1.52. The Bertz CT molecular complexity index is 365. The van der Waals surface area contributed by atoms with E-state index in [9.17, 15) is 5.21 Å². The zero-order valence-corrected chi connectivity index (χ0v) is 10.1. The van der Waals surface area contributed by atoms with Crippen molar-refractivity contribution in [3.05, 3.63) is 28.5 Å². The molecular weight excluding hydrogens is 188 g/mol. The lowest BCUT2D eigenvalue weighted by Gasteiger charge is -2.25. The first kappa shape index (κ1) is 12.0. The van der Waals surface area contributed by atoms with Crippen LogP contribution in [0.5, 0.6) is 0 Å². The summed E-state index contributed by atoms with van der Waals surface area (Å²) in [5.41, 5.74) is 9.54. The maximum absolute atomic E-state index is 11.3. The highest BCUT2D eigenvalue weighted by molar-refractivity contribution is 5.63. The zero-order valence-electron chi connectivity index (χ0n) is 10.1. The summed E-state index contributed by atoms with van der Waals surface area (Å²) in [6, 6.07) is 3.83. The topological polar surface area (TPSA) is 53.5 Å². The molecule has 0 saturated carbocycles. The number of hydrogen-bond donors (Lipinski definition) is 2. The lowest BCUT2D eigenvalue weighted by Crippen LogP contribution is -2.98. The molecule has 1 rings (SSSR count). The highest BCUT2D eigenvalue weighted by atomic mass is 16.5. The standard InChI is InChI=1S/C12H20N2O/c1-8-10(14(5)15)7-6-9(11(8)13)12(2,3)4/h6-7,14H,13H2,1-5H3. The highest BCUT2D eigenvalue weighted by Crippen LogP contribution is 2.32. The van der Waals surface area contributed by atoms with Gasteiger partial charge in [0.15, 0.2) is 0 Å². The Balaban J connectivity index is 3.34. The number of nitrogens with two attached hydrogens (primary N) is 1. The Morgan fingerprint density at radius 2 is 1.80 bits per heavy atom. The quantitative estimate of drug-likeness (QED) is 0.543. The molecule has 3 nitrogen and oxygen atoms in total. The molecule has 1 unspecified atom stereocenters. The summed E-state index contributed by atoms with van der Waals surface area (Å²) in [6.07, 6.45) is 0. The SMILES string of the molecule is Cc1c([NH+](C)[O-])ccc(C(C)(C)C)c1N. The lowest BCUT2D eigenvalue weighted by atomic mass is 9.84. The molecule has 0 heterocycles. The van der Waals surface area contributed by atoms with E-state index in [1.54, 1.807) is 7.05 Å². The van der Waals surface area contributed by atoms with Crippen LogP contribution in [0.25, 0.3) is 0 Å². The van der Waals surface area contributed by atoms with Crippen LogP contribution < -0.4 is 10.8 Å². The van der Waals surface area contributed by atoms with E-state index in [4.69, 9.17) is 5.73 Å². The molecule has 0 radical (unpaired) electrons.